The van der Waals surface area contributed by atoms with Crippen LogP contribution < -0.4 is 4.74 Å². The Morgan fingerprint density at radius 2 is 1.02 bits per heavy atom. The molecule has 0 aliphatic carbocycles. The van der Waals surface area contributed by atoms with Crippen LogP contribution in [0.5, 0.6) is 11.5 Å². The minimum atomic E-state index is 0.231. The van der Waals surface area contributed by atoms with Crippen LogP contribution in [-0.4, -0.2) is 25.0 Å². The SMILES string of the molecule is Cc1nc(-c2ccc(O)cc2)c(-c2ccncc2)o1.Cc1nc(-c2ccc(OCc3ccccc3)cc2)c(-c2ccncc2)o1. The summed E-state index contributed by atoms with van der Waals surface area (Å²) < 4.78 is 17.4. The molecule has 222 valence electrons. The molecular weight excluding hydrogens is 564 g/mol. The standard InChI is InChI=1S/C22H18N2O2.C15H12N2O2/c1-16-24-21(22(26-16)19-11-13-23-14-12-19)18-7-9-20(10-8-18)25-15-17-5-3-2-4-6-17;1-10-17-14(11-2-4-13(18)5-3-11)15(19-10)12-6-8-16-9-7-12/h2-14H,15H2,1H3;2-9,18H,1H3. The lowest BCUT2D eigenvalue weighted by Crippen LogP contribution is -1.94. The molecule has 0 aliphatic rings. The maximum atomic E-state index is 9.34. The molecule has 7 rings (SSSR count). The Bertz CT molecular complexity index is 1950. The van der Waals surface area contributed by atoms with Crippen molar-refractivity contribution in [3.8, 4) is 56.7 Å². The van der Waals surface area contributed by atoms with Crippen molar-refractivity contribution < 1.29 is 18.7 Å². The second kappa shape index (κ2) is 13.5. The van der Waals surface area contributed by atoms with Gasteiger partial charge >= 0.3 is 0 Å². The van der Waals surface area contributed by atoms with Crippen molar-refractivity contribution in [1.82, 2.24) is 19.9 Å². The van der Waals surface area contributed by atoms with E-state index in [9.17, 15) is 5.11 Å². The Morgan fingerprint density at radius 3 is 1.51 bits per heavy atom. The van der Waals surface area contributed by atoms with E-state index in [-0.39, 0.29) is 5.75 Å². The van der Waals surface area contributed by atoms with Crippen molar-refractivity contribution in [3.63, 3.8) is 0 Å². The van der Waals surface area contributed by atoms with Gasteiger partial charge in [-0.15, -0.1) is 0 Å². The summed E-state index contributed by atoms with van der Waals surface area (Å²) in [5, 5.41) is 9.34. The van der Waals surface area contributed by atoms with Crippen molar-refractivity contribution >= 4 is 0 Å². The number of ether oxygens (including phenoxy) is 1. The summed E-state index contributed by atoms with van der Waals surface area (Å²) in [6.07, 6.45) is 6.93. The summed E-state index contributed by atoms with van der Waals surface area (Å²) in [7, 11) is 0. The second-order valence-electron chi connectivity index (χ2n) is 10.1. The molecule has 0 radical (unpaired) electrons. The third-order valence-corrected chi connectivity index (χ3v) is 6.87. The van der Waals surface area contributed by atoms with Crippen LogP contribution in [-0.2, 0) is 6.61 Å². The van der Waals surface area contributed by atoms with Crippen LogP contribution in [0.25, 0.3) is 45.2 Å². The van der Waals surface area contributed by atoms with E-state index in [1.165, 1.54) is 0 Å². The molecule has 0 fully saturated rings. The molecule has 1 N–H and O–H groups in total. The lowest BCUT2D eigenvalue weighted by molar-refractivity contribution is 0.306. The highest BCUT2D eigenvalue weighted by molar-refractivity contribution is 5.77. The topological polar surface area (TPSA) is 107 Å². The highest BCUT2D eigenvalue weighted by atomic mass is 16.5. The number of rotatable bonds is 7. The normalized spacial score (nSPS) is 10.6. The Morgan fingerprint density at radius 1 is 0.556 bits per heavy atom. The fourth-order valence-corrected chi connectivity index (χ4v) is 4.71. The van der Waals surface area contributed by atoms with Gasteiger partial charge in [0.1, 0.15) is 29.5 Å². The number of oxazole rings is 2. The van der Waals surface area contributed by atoms with Crippen LogP contribution in [0.3, 0.4) is 0 Å². The molecule has 45 heavy (non-hydrogen) atoms. The zero-order chi connectivity index (χ0) is 31.0. The quantitative estimate of drug-likeness (QED) is 0.195. The molecule has 4 aromatic heterocycles. The summed E-state index contributed by atoms with van der Waals surface area (Å²) in [6.45, 7) is 4.21. The Hall–Kier alpha value is -6.02. The van der Waals surface area contributed by atoms with E-state index in [0.29, 0.717) is 24.1 Å². The summed E-state index contributed by atoms with van der Waals surface area (Å²) in [4.78, 5) is 17.0. The number of hydrogen-bond donors (Lipinski definition) is 1. The number of pyridine rings is 2. The van der Waals surface area contributed by atoms with Gasteiger partial charge in [-0.05, 0) is 78.4 Å². The molecule has 7 aromatic rings. The third-order valence-electron chi connectivity index (χ3n) is 6.87. The molecule has 8 heteroatoms. The molecule has 0 spiro atoms. The van der Waals surface area contributed by atoms with E-state index in [2.05, 4.69) is 19.9 Å². The number of benzene rings is 3. The number of aryl methyl sites for hydroxylation is 2. The molecule has 3 aromatic carbocycles. The van der Waals surface area contributed by atoms with Gasteiger partial charge in [-0.2, -0.15) is 0 Å². The first-order chi connectivity index (χ1) is 22.0. The maximum absolute atomic E-state index is 9.34. The van der Waals surface area contributed by atoms with Crippen LogP contribution in [0.4, 0.5) is 0 Å². The summed E-state index contributed by atoms with van der Waals surface area (Å²) in [5.74, 6) is 3.76. The number of phenolic OH excluding ortho intramolecular Hbond substituents is 1. The Labute approximate surface area is 260 Å². The van der Waals surface area contributed by atoms with Gasteiger partial charge in [0, 0.05) is 60.9 Å². The van der Waals surface area contributed by atoms with Gasteiger partial charge in [-0.25, -0.2) is 9.97 Å². The van der Waals surface area contributed by atoms with Gasteiger partial charge in [0.25, 0.3) is 0 Å². The summed E-state index contributed by atoms with van der Waals surface area (Å²) >= 11 is 0. The smallest absolute Gasteiger partial charge is 0.192 e. The van der Waals surface area contributed by atoms with Crippen LogP contribution in [0.2, 0.25) is 0 Å². The first-order valence-electron chi connectivity index (χ1n) is 14.4. The molecule has 0 atom stereocenters. The molecular formula is C37H30N4O4. The molecule has 0 saturated carbocycles. The van der Waals surface area contributed by atoms with E-state index in [0.717, 1.165) is 50.7 Å². The fourth-order valence-electron chi connectivity index (χ4n) is 4.71. The lowest BCUT2D eigenvalue weighted by atomic mass is 10.1. The highest BCUT2D eigenvalue weighted by Gasteiger charge is 2.16. The lowest BCUT2D eigenvalue weighted by Gasteiger charge is -2.07. The Kier molecular flexibility index (Phi) is 8.73. The predicted octanol–water partition coefficient (Wildman–Crippen LogP) is 8.71. The highest BCUT2D eigenvalue weighted by Crippen LogP contribution is 2.34. The monoisotopic (exact) mass is 594 g/mol. The summed E-state index contributed by atoms with van der Waals surface area (Å²) in [6, 6.07) is 32.5. The second-order valence-corrected chi connectivity index (χ2v) is 10.1. The van der Waals surface area contributed by atoms with Gasteiger partial charge in [0.15, 0.2) is 23.3 Å². The predicted molar refractivity (Wildman–Crippen MR) is 172 cm³/mol. The molecule has 0 aliphatic heterocycles. The van der Waals surface area contributed by atoms with Crippen molar-refractivity contribution in [1.29, 1.82) is 0 Å². The number of hydrogen-bond acceptors (Lipinski definition) is 8. The molecule has 8 nitrogen and oxygen atoms in total. The Balaban J connectivity index is 0.000000167. The average Bonchev–Trinajstić information content (AvgIpc) is 3.68. The van der Waals surface area contributed by atoms with Crippen LogP contribution in [0.15, 0.2) is 137 Å². The first kappa shape index (κ1) is 29.1. The zero-order valence-electron chi connectivity index (χ0n) is 24.8. The van der Waals surface area contributed by atoms with Crippen molar-refractivity contribution in [2.24, 2.45) is 0 Å². The van der Waals surface area contributed by atoms with Crippen molar-refractivity contribution in [2.45, 2.75) is 20.5 Å². The minimum absolute atomic E-state index is 0.231. The van der Waals surface area contributed by atoms with E-state index >= 15 is 0 Å². The molecule has 4 heterocycles. The number of nitrogens with zero attached hydrogens (tertiary/aromatic N) is 4. The van der Waals surface area contributed by atoms with Crippen LogP contribution in [0, 0.1) is 13.8 Å². The van der Waals surface area contributed by atoms with E-state index in [4.69, 9.17) is 13.6 Å². The maximum Gasteiger partial charge on any atom is 0.192 e. The van der Waals surface area contributed by atoms with Gasteiger partial charge < -0.3 is 18.7 Å². The van der Waals surface area contributed by atoms with Crippen LogP contribution in [0.1, 0.15) is 17.3 Å². The van der Waals surface area contributed by atoms with Gasteiger partial charge in [-0.1, -0.05) is 30.3 Å². The fraction of sp³-hybridized carbons (Fsp3) is 0.0811. The largest absolute Gasteiger partial charge is 0.508 e. The zero-order valence-corrected chi connectivity index (χ0v) is 24.8. The third kappa shape index (κ3) is 7.14. The van der Waals surface area contributed by atoms with Crippen LogP contribution >= 0.6 is 0 Å². The minimum Gasteiger partial charge on any atom is -0.508 e. The van der Waals surface area contributed by atoms with Crippen molar-refractivity contribution in [2.75, 3.05) is 0 Å². The molecule has 0 bridgehead atoms. The van der Waals surface area contributed by atoms with E-state index < -0.39 is 0 Å². The number of phenols is 1. The van der Waals surface area contributed by atoms with Crippen molar-refractivity contribution in [3.05, 3.63) is 145 Å². The molecule has 0 unspecified atom stereocenters. The number of aromatic nitrogens is 4. The first-order valence-corrected chi connectivity index (χ1v) is 14.4. The van der Waals surface area contributed by atoms with E-state index in [1.54, 1.807) is 36.9 Å². The molecule has 0 saturated heterocycles. The van der Waals surface area contributed by atoms with Gasteiger partial charge in [0.2, 0.25) is 0 Å². The molecule has 0 amide bonds. The number of aromatic hydroxyl groups is 1. The summed E-state index contributed by atoms with van der Waals surface area (Å²) in [5.41, 5.74) is 6.51. The average molecular weight is 595 g/mol. The van der Waals surface area contributed by atoms with Gasteiger partial charge in [-0.3, -0.25) is 9.97 Å². The van der Waals surface area contributed by atoms with E-state index in [1.807, 2.05) is 105 Å². The van der Waals surface area contributed by atoms with Gasteiger partial charge in [0.05, 0.1) is 0 Å².